The molecular weight excluding hydrogens is 435 g/mol. The first-order valence-corrected chi connectivity index (χ1v) is 10.9. The summed E-state index contributed by atoms with van der Waals surface area (Å²) in [5.41, 5.74) is 5.03. The first-order valence-electron chi connectivity index (χ1n) is 9.46. The largest absolute Gasteiger partial charge is 0.495 e. The lowest BCUT2D eigenvalue weighted by Crippen LogP contribution is -2.34. The van der Waals surface area contributed by atoms with Crippen LogP contribution in [0.15, 0.2) is 47.4 Å². The Morgan fingerprint density at radius 3 is 2.48 bits per heavy atom. The minimum absolute atomic E-state index is 0.0759. The Morgan fingerprint density at radius 2 is 1.87 bits per heavy atom. The number of hydrogen-bond donors (Lipinski definition) is 3. The number of hydrogen-bond acceptors (Lipinski definition) is 5. The van der Waals surface area contributed by atoms with E-state index >= 15 is 0 Å². The molecule has 2 atom stereocenters. The standard InChI is InChI=1S/C20H22F3N3O4S/c1-30-17-11-13(25-19(27)15-6-3-7-16(15)24)8-9-18(17)31(28,29)26-14-5-2-4-12(10-14)20(21,22)23/h2,4-5,8-11,15-16,26H,3,6-7,24H2,1H3,(H,25,27)/t15-,16-/m1/s1. The summed E-state index contributed by atoms with van der Waals surface area (Å²) in [4.78, 5) is 12.1. The number of nitrogens with one attached hydrogen (secondary N) is 2. The molecule has 11 heteroatoms. The number of sulfonamides is 1. The predicted molar refractivity (Wildman–Crippen MR) is 109 cm³/mol. The minimum Gasteiger partial charge on any atom is -0.495 e. The molecule has 1 aliphatic carbocycles. The fraction of sp³-hybridized carbons (Fsp3) is 0.350. The van der Waals surface area contributed by atoms with Crippen LogP contribution in [-0.2, 0) is 21.0 Å². The second-order valence-corrected chi connectivity index (χ2v) is 8.89. The van der Waals surface area contributed by atoms with E-state index < -0.39 is 21.8 Å². The van der Waals surface area contributed by atoms with E-state index in [1.807, 2.05) is 0 Å². The van der Waals surface area contributed by atoms with E-state index in [4.69, 9.17) is 10.5 Å². The maximum Gasteiger partial charge on any atom is 0.416 e. The summed E-state index contributed by atoms with van der Waals surface area (Å²) in [6, 6.07) is 7.54. The van der Waals surface area contributed by atoms with Crippen LogP contribution in [0, 0.1) is 5.92 Å². The second kappa shape index (κ2) is 8.75. The third-order valence-electron chi connectivity index (χ3n) is 5.07. The molecule has 0 aliphatic heterocycles. The molecule has 0 unspecified atom stereocenters. The van der Waals surface area contributed by atoms with Crippen molar-refractivity contribution in [3.8, 4) is 5.75 Å². The molecule has 1 amide bonds. The van der Waals surface area contributed by atoms with Crippen molar-refractivity contribution in [2.24, 2.45) is 11.7 Å². The highest BCUT2D eigenvalue weighted by molar-refractivity contribution is 7.92. The minimum atomic E-state index is -4.61. The Kier molecular flexibility index (Phi) is 6.46. The summed E-state index contributed by atoms with van der Waals surface area (Å²) >= 11 is 0. The van der Waals surface area contributed by atoms with E-state index in [9.17, 15) is 26.4 Å². The molecule has 7 nitrogen and oxygen atoms in total. The molecule has 0 aromatic heterocycles. The molecular formula is C20H22F3N3O4S. The Morgan fingerprint density at radius 1 is 1.13 bits per heavy atom. The summed E-state index contributed by atoms with van der Waals surface area (Å²) in [6.07, 6.45) is -2.31. The average Bonchev–Trinajstić information content (AvgIpc) is 3.13. The van der Waals surface area contributed by atoms with E-state index in [0.29, 0.717) is 18.2 Å². The number of rotatable bonds is 6. The zero-order valence-electron chi connectivity index (χ0n) is 16.6. The lowest BCUT2D eigenvalue weighted by Gasteiger charge is -2.17. The molecule has 3 rings (SSSR count). The van der Waals surface area contributed by atoms with E-state index in [1.165, 1.54) is 31.4 Å². The molecule has 0 bridgehead atoms. The molecule has 0 spiro atoms. The highest BCUT2D eigenvalue weighted by atomic mass is 32.2. The van der Waals surface area contributed by atoms with E-state index in [1.54, 1.807) is 0 Å². The fourth-order valence-corrected chi connectivity index (χ4v) is 4.69. The lowest BCUT2D eigenvalue weighted by atomic mass is 10.0. The lowest BCUT2D eigenvalue weighted by molar-refractivity contribution is -0.137. The Bertz CT molecular complexity index is 1070. The van der Waals surface area contributed by atoms with Crippen LogP contribution in [0.3, 0.4) is 0 Å². The third kappa shape index (κ3) is 5.28. The molecule has 1 saturated carbocycles. The number of amides is 1. The highest BCUT2D eigenvalue weighted by Crippen LogP contribution is 2.33. The Hall–Kier alpha value is -2.79. The van der Waals surface area contributed by atoms with Gasteiger partial charge in [-0.1, -0.05) is 12.5 Å². The molecule has 0 saturated heterocycles. The summed E-state index contributed by atoms with van der Waals surface area (Å²) in [5, 5.41) is 2.70. The van der Waals surface area contributed by atoms with Gasteiger partial charge in [-0.3, -0.25) is 9.52 Å². The van der Waals surface area contributed by atoms with Crippen molar-refractivity contribution in [1.82, 2.24) is 0 Å². The molecule has 168 valence electrons. The first-order chi connectivity index (χ1) is 14.5. The van der Waals surface area contributed by atoms with Gasteiger partial charge >= 0.3 is 6.18 Å². The molecule has 1 fully saturated rings. The van der Waals surface area contributed by atoms with Gasteiger partial charge in [-0.25, -0.2) is 8.42 Å². The van der Waals surface area contributed by atoms with Crippen LogP contribution in [-0.4, -0.2) is 27.5 Å². The van der Waals surface area contributed by atoms with Crippen LogP contribution in [0.4, 0.5) is 24.5 Å². The van der Waals surface area contributed by atoms with Crippen LogP contribution < -0.4 is 20.5 Å². The number of methoxy groups -OCH3 is 1. The number of carbonyl (C=O) groups excluding carboxylic acids is 1. The van der Waals surface area contributed by atoms with Gasteiger partial charge in [-0.15, -0.1) is 0 Å². The fourth-order valence-electron chi connectivity index (χ4n) is 3.49. The normalized spacial score (nSPS) is 19.1. The maximum absolute atomic E-state index is 12.9. The van der Waals surface area contributed by atoms with Crippen LogP contribution in [0.25, 0.3) is 0 Å². The van der Waals surface area contributed by atoms with Gasteiger partial charge in [0.1, 0.15) is 10.6 Å². The number of alkyl halides is 3. The van der Waals surface area contributed by atoms with Crippen molar-refractivity contribution in [3.63, 3.8) is 0 Å². The molecule has 1 aliphatic rings. The molecule has 2 aromatic rings. The topological polar surface area (TPSA) is 111 Å². The maximum atomic E-state index is 12.9. The van der Waals surface area contributed by atoms with Crippen molar-refractivity contribution < 1.29 is 31.1 Å². The van der Waals surface area contributed by atoms with E-state index in [2.05, 4.69) is 10.0 Å². The van der Waals surface area contributed by atoms with Crippen LogP contribution in [0.5, 0.6) is 5.75 Å². The van der Waals surface area contributed by atoms with Gasteiger partial charge in [-0.05, 0) is 43.2 Å². The monoisotopic (exact) mass is 457 g/mol. The highest BCUT2D eigenvalue weighted by Gasteiger charge is 2.32. The van der Waals surface area contributed by atoms with Crippen LogP contribution in [0.2, 0.25) is 0 Å². The van der Waals surface area contributed by atoms with Gasteiger partial charge in [0.2, 0.25) is 5.91 Å². The van der Waals surface area contributed by atoms with Crippen LogP contribution in [0.1, 0.15) is 24.8 Å². The zero-order chi connectivity index (χ0) is 22.8. The second-order valence-electron chi connectivity index (χ2n) is 7.24. The number of anilines is 2. The number of halogens is 3. The van der Waals surface area contributed by atoms with Gasteiger partial charge < -0.3 is 15.8 Å². The number of benzene rings is 2. The van der Waals surface area contributed by atoms with Gasteiger partial charge in [0.25, 0.3) is 10.0 Å². The van der Waals surface area contributed by atoms with E-state index in [-0.39, 0.29) is 34.2 Å². The molecule has 0 radical (unpaired) electrons. The SMILES string of the molecule is COc1cc(NC(=O)[C@@H]2CCC[C@H]2N)ccc1S(=O)(=O)Nc1cccc(C(F)(F)F)c1. The zero-order valence-corrected chi connectivity index (χ0v) is 17.4. The van der Waals surface area contributed by atoms with Crippen molar-refractivity contribution in [3.05, 3.63) is 48.0 Å². The van der Waals surface area contributed by atoms with Crippen molar-refractivity contribution in [2.45, 2.75) is 36.4 Å². The molecule has 31 heavy (non-hydrogen) atoms. The summed E-state index contributed by atoms with van der Waals surface area (Å²) in [5.74, 6) is -0.658. The third-order valence-corrected chi connectivity index (χ3v) is 6.49. The number of ether oxygens (including phenoxy) is 1. The Balaban J connectivity index is 1.82. The number of nitrogens with two attached hydrogens (primary N) is 1. The Labute approximate surface area is 177 Å². The quantitative estimate of drug-likeness (QED) is 0.614. The predicted octanol–water partition coefficient (Wildman–Crippen LogP) is 3.58. The first kappa shape index (κ1) is 22.9. The molecule has 0 heterocycles. The van der Waals surface area contributed by atoms with Gasteiger partial charge in [-0.2, -0.15) is 13.2 Å². The van der Waals surface area contributed by atoms with Gasteiger partial charge in [0, 0.05) is 23.5 Å². The van der Waals surface area contributed by atoms with Crippen molar-refractivity contribution in [1.29, 1.82) is 0 Å². The number of carbonyl (C=O) groups is 1. The summed E-state index contributed by atoms with van der Waals surface area (Å²) in [7, 11) is -3.02. The van der Waals surface area contributed by atoms with Crippen molar-refractivity contribution in [2.75, 3.05) is 17.1 Å². The van der Waals surface area contributed by atoms with Gasteiger partial charge in [0.05, 0.1) is 18.6 Å². The van der Waals surface area contributed by atoms with E-state index in [0.717, 1.165) is 25.0 Å². The van der Waals surface area contributed by atoms with Crippen LogP contribution >= 0.6 is 0 Å². The average molecular weight is 457 g/mol. The smallest absolute Gasteiger partial charge is 0.416 e. The summed E-state index contributed by atoms with van der Waals surface area (Å²) in [6.45, 7) is 0. The summed E-state index contributed by atoms with van der Waals surface area (Å²) < 4.78 is 71.4. The van der Waals surface area contributed by atoms with Crippen molar-refractivity contribution >= 4 is 27.3 Å². The molecule has 2 aromatic carbocycles. The molecule has 4 N–H and O–H groups in total. The van der Waals surface area contributed by atoms with Gasteiger partial charge in [0.15, 0.2) is 0 Å².